The van der Waals surface area contributed by atoms with Crippen LogP contribution in [0, 0.1) is 11.8 Å². The lowest BCUT2D eigenvalue weighted by Gasteiger charge is -2.29. The van der Waals surface area contributed by atoms with Gasteiger partial charge < -0.3 is 39.9 Å². The molecule has 0 bridgehead atoms. The van der Waals surface area contributed by atoms with Crippen LogP contribution in [0.5, 0.6) is 0 Å². The van der Waals surface area contributed by atoms with Crippen molar-refractivity contribution in [3.63, 3.8) is 0 Å². The minimum absolute atomic E-state index is 0.120. The van der Waals surface area contributed by atoms with E-state index in [1.807, 2.05) is 40.1 Å². The Morgan fingerprint density at radius 1 is 0.692 bits per heavy atom. The number of H-pyrrole nitrogens is 2. The van der Waals surface area contributed by atoms with E-state index in [0.29, 0.717) is 24.7 Å². The number of hydrogen-bond acceptors (Lipinski definition) is 12. The smallest absolute Gasteiger partial charge is 0.407 e. The van der Waals surface area contributed by atoms with E-state index >= 15 is 0 Å². The van der Waals surface area contributed by atoms with Crippen LogP contribution in [0.1, 0.15) is 77.1 Å². The first kappa shape index (κ1) is 36.9. The standard InChI is InChI=1S/C34H44N10O6S2/c1-17(2)25(41-33(47)49-5)31(45)43-11-7-9-21(43)27-35-13-19(39-27)29-37-15-23(51-29)24-16-38-30(52-24)20-14-36-28(40-20)22-10-8-12-44(22)32(46)26(18(3)4)42-34(48)50-6/h13-18,21-22,25-26H,7-12H2,1-6H3,(H,35,39)(H,36,40)(H,41,47)(H,42,48). The molecule has 4 atom stereocenters. The zero-order valence-corrected chi connectivity index (χ0v) is 31.6. The number of carbonyl (C=O) groups excluding carboxylic acids is 4. The molecule has 0 aliphatic carbocycles. The first-order chi connectivity index (χ1) is 25.0. The Morgan fingerprint density at radius 3 is 1.46 bits per heavy atom. The summed E-state index contributed by atoms with van der Waals surface area (Å²) in [4.78, 5) is 81.7. The Kier molecular flexibility index (Phi) is 11.2. The molecule has 52 heavy (non-hydrogen) atoms. The van der Waals surface area contributed by atoms with Gasteiger partial charge in [0.05, 0.1) is 59.8 Å². The number of likely N-dealkylation sites (tertiary alicyclic amines) is 2. The van der Waals surface area contributed by atoms with E-state index in [0.717, 1.165) is 56.8 Å². The Labute approximate surface area is 309 Å². The molecule has 6 rings (SSSR count). The van der Waals surface area contributed by atoms with Crippen LogP contribution >= 0.6 is 22.7 Å². The molecule has 4 unspecified atom stereocenters. The van der Waals surface area contributed by atoms with E-state index in [9.17, 15) is 19.2 Å². The van der Waals surface area contributed by atoms with Crippen molar-refractivity contribution in [2.24, 2.45) is 11.8 Å². The van der Waals surface area contributed by atoms with Gasteiger partial charge in [-0.05, 0) is 37.5 Å². The lowest BCUT2D eigenvalue weighted by Crippen LogP contribution is -2.51. The Balaban J connectivity index is 1.13. The average Bonchev–Trinajstić information content (AvgIpc) is 3.98. The molecule has 2 saturated heterocycles. The topological polar surface area (TPSA) is 200 Å². The van der Waals surface area contributed by atoms with Gasteiger partial charge in [-0.2, -0.15) is 0 Å². The first-order valence-electron chi connectivity index (χ1n) is 17.3. The highest BCUT2D eigenvalue weighted by Crippen LogP contribution is 2.39. The van der Waals surface area contributed by atoms with Gasteiger partial charge in [-0.1, -0.05) is 27.7 Å². The SMILES string of the molecule is COC(=O)NC(C(=O)N1CCCC1c1ncc(-c2ncc(-c3cnc(-c4cnc(C5CCCN5C(=O)C(NC(=O)OC)C(C)C)[nH]4)s3)s2)[nH]1)C(C)C. The summed E-state index contributed by atoms with van der Waals surface area (Å²) in [7, 11) is 2.56. The fourth-order valence-electron chi connectivity index (χ4n) is 6.64. The summed E-state index contributed by atoms with van der Waals surface area (Å²) >= 11 is 3.01. The Bertz CT molecular complexity index is 1760. The van der Waals surface area contributed by atoms with Gasteiger partial charge in [-0.3, -0.25) is 9.59 Å². The normalized spacial score (nSPS) is 18.5. The number of methoxy groups -OCH3 is 2. The van der Waals surface area contributed by atoms with Crippen LogP contribution < -0.4 is 10.6 Å². The number of alkyl carbamates (subject to hydrolysis) is 2. The maximum Gasteiger partial charge on any atom is 0.407 e. The lowest BCUT2D eigenvalue weighted by atomic mass is 10.0. The third-order valence-corrected chi connectivity index (χ3v) is 11.6. The molecule has 4 aromatic rings. The first-order valence-corrected chi connectivity index (χ1v) is 18.9. The molecule has 0 aromatic carbocycles. The number of ether oxygens (including phenoxy) is 2. The zero-order valence-electron chi connectivity index (χ0n) is 30.0. The molecule has 6 heterocycles. The maximum absolute atomic E-state index is 13.5. The molecule has 4 N–H and O–H groups in total. The lowest BCUT2D eigenvalue weighted by molar-refractivity contribution is -0.136. The molecular formula is C34H44N10O6S2. The Morgan fingerprint density at radius 2 is 1.10 bits per heavy atom. The fraction of sp³-hybridized carbons (Fsp3) is 0.529. The van der Waals surface area contributed by atoms with Crippen LogP contribution in [0.4, 0.5) is 9.59 Å². The summed E-state index contributed by atoms with van der Waals surface area (Å²) < 4.78 is 9.49. The highest BCUT2D eigenvalue weighted by Gasteiger charge is 2.39. The summed E-state index contributed by atoms with van der Waals surface area (Å²) in [5, 5.41) is 6.86. The van der Waals surface area contributed by atoms with Gasteiger partial charge in [0, 0.05) is 25.5 Å². The number of aromatic nitrogens is 6. The van der Waals surface area contributed by atoms with Crippen LogP contribution in [0.3, 0.4) is 0 Å². The molecule has 0 radical (unpaired) electrons. The second-order valence-corrected chi connectivity index (χ2v) is 15.6. The average molecular weight is 753 g/mol. The van der Waals surface area contributed by atoms with Crippen molar-refractivity contribution in [1.29, 1.82) is 0 Å². The van der Waals surface area contributed by atoms with Crippen LogP contribution in [0.2, 0.25) is 0 Å². The molecule has 0 saturated carbocycles. The van der Waals surface area contributed by atoms with Gasteiger partial charge >= 0.3 is 12.2 Å². The van der Waals surface area contributed by atoms with Crippen LogP contribution in [0.15, 0.2) is 24.8 Å². The number of imidazole rings is 2. The van der Waals surface area contributed by atoms with Gasteiger partial charge in [0.15, 0.2) is 0 Å². The maximum atomic E-state index is 13.5. The minimum Gasteiger partial charge on any atom is -0.453 e. The van der Waals surface area contributed by atoms with Gasteiger partial charge in [0.1, 0.15) is 33.7 Å². The molecule has 2 aliphatic heterocycles. The third kappa shape index (κ3) is 7.67. The number of thiazole rings is 2. The van der Waals surface area contributed by atoms with E-state index in [1.54, 1.807) is 22.2 Å². The molecule has 2 aliphatic rings. The zero-order chi connectivity index (χ0) is 37.1. The number of nitrogens with one attached hydrogen (secondary N) is 4. The molecule has 4 aromatic heterocycles. The number of carbonyl (C=O) groups is 4. The number of aromatic amines is 2. The van der Waals surface area contributed by atoms with Crippen LogP contribution in [0.25, 0.3) is 31.2 Å². The number of hydrogen-bond donors (Lipinski definition) is 4. The Hall–Kier alpha value is -4.84. The summed E-state index contributed by atoms with van der Waals surface area (Å²) in [6.07, 6.45) is 8.98. The highest BCUT2D eigenvalue weighted by molar-refractivity contribution is 7.24. The predicted molar refractivity (Wildman–Crippen MR) is 194 cm³/mol. The highest BCUT2D eigenvalue weighted by atomic mass is 32.1. The molecule has 18 heteroatoms. The molecule has 0 spiro atoms. The fourth-order valence-corrected chi connectivity index (χ4v) is 8.46. The molecule has 16 nitrogen and oxygen atoms in total. The largest absolute Gasteiger partial charge is 0.453 e. The van der Waals surface area contributed by atoms with Crippen molar-refractivity contribution >= 4 is 46.7 Å². The summed E-state index contributed by atoms with van der Waals surface area (Å²) in [5.41, 5.74) is 1.50. The second kappa shape index (κ2) is 15.8. The van der Waals surface area contributed by atoms with Crippen molar-refractivity contribution in [3.05, 3.63) is 36.4 Å². The summed E-state index contributed by atoms with van der Waals surface area (Å²) in [6.45, 7) is 8.69. The second-order valence-electron chi connectivity index (χ2n) is 13.5. The molecular weight excluding hydrogens is 709 g/mol. The van der Waals surface area contributed by atoms with Gasteiger partial charge in [-0.25, -0.2) is 29.5 Å². The number of amides is 4. The van der Waals surface area contributed by atoms with E-state index in [1.165, 1.54) is 36.9 Å². The molecule has 4 amide bonds. The molecule has 2 fully saturated rings. The quantitative estimate of drug-likeness (QED) is 0.159. The monoisotopic (exact) mass is 752 g/mol. The van der Waals surface area contributed by atoms with Crippen molar-refractivity contribution in [1.82, 2.24) is 50.3 Å². The van der Waals surface area contributed by atoms with E-state index in [-0.39, 0.29) is 35.7 Å². The summed E-state index contributed by atoms with van der Waals surface area (Å²) in [5.74, 6) is 0.788. The van der Waals surface area contributed by atoms with Gasteiger partial charge in [-0.15, -0.1) is 22.7 Å². The number of nitrogens with zero attached hydrogens (tertiary/aromatic N) is 6. The van der Waals surface area contributed by atoms with Crippen molar-refractivity contribution in [2.45, 2.75) is 77.5 Å². The minimum atomic E-state index is -0.706. The molecule has 278 valence electrons. The van der Waals surface area contributed by atoms with Crippen molar-refractivity contribution in [3.8, 4) is 31.2 Å². The van der Waals surface area contributed by atoms with Crippen molar-refractivity contribution < 1.29 is 28.7 Å². The van der Waals surface area contributed by atoms with Crippen LogP contribution in [-0.4, -0.2) is 103 Å². The van der Waals surface area contributed by atoms with Gasteiger partial charge in [0.2, 0.25) is 11.8 Å². The summed E-state index contributed by atoms with van der Waals surface area (Å²) in [6, 6.07) is -1.90. The van der Waals surface area contributed by atoms with Gasteiger partial charge in [0.25, 0.3) is 0 Å². The van der Waals surface area contributed by atoms with E-state index in [2.05, 4.69) is 40.5 Å². The number of rotatable bonds is 11. The van der Waals surface area contributed by atoms with Crippen LogP contribution in [-0.2, 0) is 19.1 Å². The van der Waals surface area contributed by atoms with Crippen molar-refractivity contribution in [2.75, 3.05) is 27.3 Å². The van der Waals surface area contributed by atoms with E-state index in [4.69, 9.17) is 9.47 Å². The third-order valence-electron chi connectivity index (χ3n) is 9.39. The predicted octanol–water partition coefficient (Wildman–Crippen LogP) is 5.14. The van der Waals surface area contributed by atoms with E-state index < -0.39 is 24.3 Å².